The van der Waals surface area contributed by atoms with Gasteiger partial charge in [-0.05, 0) is 0 Å². The summed E-state index contributed by atoms with van der Waals surface area (Å²) in [5.41, 5.74) is 5.13. The van der Waals surface area contributed by atoms with Gasteiger partial charge >= 0.3 is 11.8 Å². The Morgan fingerprint density at radius 2 is 2.14 bits per heavy atom. The summed E-state index contributed by atoms with van der Waals surface area (Å²) in [5, 5.41) is 10.8. The predicted molar refractivity (Wildman–Crippen MR) is 54.5 cm³/mol. The van der Waals surface area contributed by atoms with E-state index in [1.165, 1.54) is 7.05 Å². The average Bonchev–Trinajstić information content (AvgIpc) is 2.13. The molecule has 0 spiro atoms. The largest absolute Gasteiger partial charge is 0.395 e. The van der Waals surface area contributed by atoms with Gasteiger partial charge in [0, 0.05) is 13.6 Å². The highest BCUT2D eigenvalue weighted by atomic mass is 32.1. The topological polar surface area (TPSA) is 95.7 Å². The molecule has 80 valence electrons. The van der Waals surface area contributed by atoms with Crippen molar-refractivity contribution in [1.82, 2.24) is 10.2 Å². The number of rotatable bonds is 4. The van der Waals surface area contributed by atoms with Gasteiger partial charge in [-0.25, -0.2) is 0 Å². The van der Waals surface area contributed by atoms with Crippen LogP contribution in [0.15, 0.2) is 0 Å². The Morgan fingerprint density at radius 3 is 2.57 bits per heavy atom. The Morgan fingerprint density at radius 1 is 1.57 bits per heavy atom. The summed E-state index contributed by atoms with van der Waals surface area (Å²) in [4.78, 5) is 23.4. The Balaban J connectivity index is 3.99. The highest BCUT2D eigenvalue weighted by Gasteiger charge is 2.17. The van der Waals surface area contributed by atoms with Crippen molar-refractivity contribution >= 4 is 29.0 Å². The van der Waals surface area contributed by atoms with Crippen molar-refractivity contribution in [2.24, 2.45) is 5.73 Å². The summed E-state index contributed by atoms with van der Waals surface area (Å²) in [5.74, 6) is -1.51. The number of nitrogens with two attached hydrogens (primary N) is 1. The normalized spacial score (nSPS) is 9.29. The number of carbonyl (C=O) groups is 2. The number of hydrogen-bond donors (Lipinski definition) is 3. The SMILES string of the molecule is CN(CCO)C(=O)C(=O)NCC(N)=S. The van der Waals surface area contributed by atoms with E-state index < -0.39 is 11.8 Å². The molecule has 0 saturated heterocycles. The van der Waals surface area contributed by atoms with Gasteiger partial charge in [0.2, 0.25) is 0 Å². The minimum Gasteiger partial charge on any atom is -0.395 e. The van der Waals surface area contributed by atoms with Crippen molar-refractivity contribution < 1.29 is 14.7 Å². The van der Waals surface area contributed by atoms with Gasteiger partial charge in [0.15, 0.2) is 0 Å². The quantitative estimate of drug-likeness (QED) is 0.370. The molecule has 0 fully saturated rings. The molecule has 0 unspecified atom stereocenters. The van der Waals surface area contributed by atoms with Crippen molar-refractivity contribution in [2.45, 2.75) is 0 Å². The predicted octanol–water partition coefficient (Wildman–Crippen LogP) is -2.16. The number of amides is 2. The molecule has 0 aromatic carbocycles. The van der Waals surface area contributed by atoms with Crippen LogP contribution in [0.1, 0.15) is 0 Å². The van der Waals surface area contributed by atoms with E-state index in [0.717, 1.165) is 4.90 Å². The van der Waals surface area contributed by atoms with Crippen LogP contribution in [-0.2, 0) is 9.59 Å². The number of nitrogens with one attached hydrogen (secondary N) is 1. The molecule has 0 bridgehead atoms. The van der Waals surface area contributed by atoms with Crippen LogP contribution in [0.4, 0.5) is 0 Å². The summed E-state index contributed by atoms with van der Waals surface area (Å²) < 4.78 is 0. The molecular formula is C7H13N3O3S. The molecule has 2 amide bonds. The third kappa shape index (κ3) is 4.73. The van der Waals surface area contributed by atoms with Gasteiger partial charge in [0.25, 0.3) is 0 Å². The summed E-state index contributed by atoms with van der Waals surface area (Å²) >= 11 is 4.52. The number of aliphatic hydroxyl groups excluding tert-OH is 1. The summed E-state index contributed by atoms with van der Waals surface area (Å²) in [7, 11) is 1.42. The van der Waals surface area contributed by atoms with Gasteiger partial charge in [-0.15, -0.1) is 0 Å². The Kier molecular flexibility index (Phi) is 5.73. The van der Waals surface area contributed by atoms with Crippen molar-refractivity contribution in [2.75, 3.05) is 26.7 Å². The molecule has 14 heavy (non-hydrogen) atoms. The van der Waals surface area contributed by atoms with Crippen molar-refractivity contribution in [3.63, 3.8) is 0 Å². The van der Waals surface area contributed by atoms with Crippen LogP contribution in [-0.4, -0.2) is 53.6 Å². The molecular weight excluding hydrogens is 206 g/mol. The van der Waals surface area contributed by atoms with Gasteiger partial charge in [-0.1, -0.05) is 12.2 Å². The molecule has 4 N–H and O–H groups in total. The van der Waals surface area contributed by atoms with Crippen LogP contribution in [0.5, 0.6) is 0 Å². The molecule has 6 nitrogen and oxygen atoms in total. The fourth-order valence-corrected chi connectivity index (χ4v) is 0.740. The summed E-state index contributed by atoms with van der Waals surface area (Å²) in [6.07, 6.45) is 0. The molecule has 0 aromatic rings. The maximum Gasteiger partial charge on any atom is 0.311 e. The third-order valence-electron chi connectivity index (χ3n) is 1.40. The second kappa shape index (κ2) is 6.28. The monoisotopic (exact) mass is 219 g/mol. The van der Waals surface area contributed by atoms with Crippen LogP contribution in [0, 0.1) is 0 Å². The number of aliphatic hydroxyl groups is 1. The van der Waals surface area contributed by atoms with E-state index in [9.17, 15) is 9.59 Å². The average molecular weight is 219 g/mol. The number of nitrogens with zero attached hydrogens (tertiary/aromatic N) is 1. The zero-order valence-electron chi connectivity index (χ0n) is 7.82. The maximum atomic E-state index is 11.2. The van der Waals surface area contributed by atoms with E-state index >= 15 is 0 Å². The molecule has 0 aromatic heterocycles. The maximum absolute atomic E-state index is 11.2. The van der Waals surface area contributed by atoms with Crippen molar-refractivity contribution in [3.8, 4) is 0 Å². The van der Waals surface area contributed by atoms with E-state index in [4.69, 9.17) is 10.8 Å². The van der Waals surface area contributed by atoms with E-state index in [2.05, 4.69) is 17.5 Å². The van der Waals surface area contributed by atoms with Gasteiger partial charge in [-0.2, -0.15) is 0 Å². The van der Waals surface area contributed by atoms with Crippen molar-refractivity contribution in [1.29, 1.82) is 0 Å². The van der Waals surface area contributed by atoms with E-state index in [-0.39, 0.29) is 24.7 Å². The lowest BCUT2D eigenvalue weighted by Gasteiger charge is -2.14. The van der Waals surface area contributed by atoms with E-state index in [0.29, 0.717) is 0 Å². The molecule has 0 aliphatic heterocycles. The lowest BCUT2D eigenvalue weighted by Crippen LogP contribution is -2.44. The molecule has 0 radical (unpaired) electrons. The highest BCUT2D eigenvalue weighted by molar-refractivity contribution is 7.80. The van der Waals surface area contributed by atoms with E-state index in [1.807, 2.05) is 0 Å². The molecule has 0 heterocycles. The highest BCUT2D eigenvalue weighted by Crippen LogP contribution is 1.83. The van der Waals surface area contributed by atoms with Gasteiger partial charge < -0.3 is 21.1 Å². The lowest BCUT2D eigenvalue weighted by molar-refractivity contribution is -0.145. The minimum atomic E-state index is -0.784. The minimum absolute atomic E-state index is 0.00707. The fourth-order valence-electron chi connectivity index (χ4n) is 0.668. The number of thiocarbonyl (C=S) groups is 1. The molecule has 0 rings (SSSR count). The van der Waals surface area contributed by atoms with Gasteiger partial charge in [0.1, 0.15) is 0 Å². The van der Waals surface area contributed by atoms with Crippen LogP contribution in [0.25, 0.3) is 0 Å². The Labute approximate surface area is 87.1 Å². The lowest BCUT2D eigenvalue weighted by atomic mass is 10.4. The number of carbonyl (C=O) groups excluding carboxylic acids is 2. The first-order chi connectivity index (χ1) is 6.49. The van der Waals surface area contributed by atoms with Crippen LogP contribution >= 0.6 is 12.2 Å². The summed E-state index contributed by atoms with van der Waals surface area (Å²) in [6.45, 7) is -0.0863. The molecule has 0 atom stereocenters. The van der Waals surface area contributed by atoms with Gasteiger partial charge in [-0.3, -0.25) is 9.59 Å². The van der Waals surface area contributed by atoms with Gasteiger partial charge in [0.05, 0.1) is 18.1 Å². The first kappa shape index (κ1) is 12.8. The van der Waals surface area contributed by atoms with Crippen molar-refractivity contribution in [3.05, 3.63) is 0 Å². The Bertz CT molecular complexity index is 244. The van der Waals surface area contributed by atoms with E-state index in [1.54, 1.807) is 0 Å². The summed E-state index contributed by atoms with van der Waals surface area (Å²) in [6, 6.07) is 0. The number of likely N-dealkylation sites (N-methyl/N-ethyl adjacent to an activating group) is 1. The molecule has 0 aliphatic rings. The number of hydrogen-bond acceptors (Lipinski definition) is 4. The molecule has 0 saturated carbocycles. The zero-order chi connectivity index (χ0) is 11.1. The fraction of sp³-hybridized carbons (Fsp3) is 0.571. The molecule has 0 aliphatic carbocycles. The van der Waals surface area contributed by atoms with Crippen LogP contribution in [0.3, 0.4) is 0 Å². The second-order valence-corrected chi connectivity index (χ2v) is 3.12. The smallest absolute Gasteiger partial charge is 0.311 e. The first-order valence-electron chi connectivity index (χ1n) is 3.91. The third-order valence-corrected chi connectivity index (χ3v) is 1.54. The first-order valence-corrected chi connectivity index (χ1v) is 4.32. The van der Waals surface area contributed by atoms with Crippen LogP contribution < -0.4 is 11.1 Å². The Hall–Kier alpha value is -1.21. The standard InChI is InChI=1S/C7H13N3O3S/c1-10(2-3-11)7(13)6(12)9-4-5(8)14/h11H,2-4H2,1H3,(H2,8,14)(H,9,12). The van der Waals surface area contributed by atoms with Crippen LogP contribution in [0.2, 0.25) is 0 Å². The molecule has 7 heteroatoms. The zero-order valence-corrected chi connectivity index (χ0v) is 8.63. The second-order valence-electron chi connectivity index (χ2n) is 2.60.